The fourth-order valence-corrected chi connectivity index (χ4v) is 4.25. The third-order valence-corrected chi connectivity index (χ3v) is 5.36. The van der Waals surface area contributed by atoms with E-state index in [1.54, 1.807) is 0 Å². The van der Waals surface area contributed by atoms with Gasteiger partial charge in [-0.05, 0) is 36.5 Å². The molecule has 0 fully saturated rings. The number of ketones is 1. The van der Waals surface area contributed by atoms with Gasteiger partial charge < -0.3 is 15.2 Å². The molecule has 2 N–H and O–H groups in total. The van der Waals surface area contributed by atoms with Gasteiger partial charge in [0, 0.05) is 43.4 Å². The number of hydrogen-bond acceptors (Lipinski definition) is 5. The highest BCUT2D eigenvalue weighted by atomic mass is 16.1. The van der Waals surface area contributed by atoms with Crippen molar-refractivity contribution in [2.45, 2.75) is 33.6 Å². The number of anilines is 2. The van der Waals surface area contributed by atoms with E-state index in [0.717, 1.165) is 45.5 Å². The first-order valence-electron chi connectivity index (χ1n) is 9.14. The molecule has 0 atom stereocenters. The first-order chi connectivity index (χ1) is 12.7. The van der Waals surface area contributed by atoms with Crippen LogP contribution in [0, 0.1) is 12.3 Å². The number of nitrogen functional groups attached to an aromatic ring is 1. The summed E-state index contributed by atoms with van der Waals surface area (Å²) >= 11 is 0. The molecule has 1 aliphatic carbocycles. The van der Waals surface area contributed by atoms with Crippen LogP contribution in [0.25, 0.3) is 16.6 Å². The fraction of sp³-hybridized carbons (Fsp3) is 0.381. The summed E-state index contributed by atoms with van der Waals surface area (Å²) in [6.07, 6.45) is 5.02. The van der Waals surface area contributed by atoms with Gasteiger partial charge in [0.25, 0.3) is 0 Å². The largest absolute Gasteiger partial charge is 0.383 e. The molecule has 4 rings (SSSR count). The number of nitrogens with two attached hydrogens (primary N) is 1. The lowest BCUT2D eigenvalue weighted by atomic mass is 9.75. The van der Waals surface area contributed by atoms with E-state index in [0.29, 0.717) is 12.2 Å². The molecule has 0 spiro atoms. The zero-order valence-corrected chi connectivity index (χ0v) is 16.5. The number of carbonyl (C=O) groups excluding carboxylic acids is 1. The van der Waals surface area contributed by atoms with Crippen LogP contribution in [-0.2, 0) is 6.42 Å². The van der Waals surface area contributed by atoms with Crippen molar-refractivity contribution >= 4 is 28.2 Å². The molecular weight excluding hydrogens is 338 g/mol. The summed E-state index contributed by atoms with van der Waals surface area (Å²) < 4.78 is 2.16. The average molecular weight is 363 g/mol. The minimum Gasteiger partial charge on any atom is -0.383 e. The van der Waals surface area contributed by atoms with Crippen molar-refractivity contribution in [2.75, 3.05) is 24.7 Å². The molecule has 140 valence electrons. The van der Waals surface area contributed by atoms with Gasteiger partial charge >= 0.3 is 0 Å². The maximum Gasteiger partial charge on any atom is 0.165 e. The Bertz CT molecular complexity index is 1080. The highest BCUT2D eigenvalue weighted by Crippen LogP contribution is 2.40. The van der Waals surface area contributed by atoms with E-state index in [4.69, 9.17) is 5.73 Å². The number of hydrogen-bond donors (Lipinski definition) is 1. The lowest BCUT2D eigenvalue weighted by Crippen LogP contribution is -2.28. The highest BCUT2D eigenvalue weighted by molar-refractivity contribution is 6.02. The number of aromatic nitrogens is 3. The third kappa shape index (κ3) is 2.67. The molecule has 2 aromatic heterocycles. The van der Waals surface area contributed by atoms with Crippen molar-refractivity contribution in [1.82, 2.24) is 14.5 Å². The van der Waals surface area contributed by atoms with Gasteiger partial charge in [0.1, 0.15) is 17.7 Å². The number of rotatable bonds is 2. The molecule has 3 aromatic rings. The normalized spacial score (nSPS) is 15.8. The van der Waals surface area contributed by atoms with E-state index in [1.165, 1.54) is 6.33 Å². The molecule has 0 radical (unpaired) electrons. The van der Waals surface area contributed by atoms with E-state index >= 15 is 0 Å². The Morgan fingerprint density at radius 3 is 2.63 bits per heavy atom. The van der Waals surface area contributed by atoms with Crippen LogP contribution in [0.4, 0.5) is 11.5 Å². The average Bonchev–Trinajstić information content (AvgIpc) is 2.89. The second kappa shape index (κ2) is 5.81. The molecule has 0 amide bonds. The minimum absolute atomic E-state index is 0.0473. The lowest BCUT2D eigenvalue weighted by Gasteiger charge is -2.30. The summed E-state index contributed by atoms with van der Waals surface area (Å²) in [7, 11) is 3.99. The number of Topliss-reactive ketones (excluding diaryl/α,β-unsaturated/α-hetero) is 1. The van der Waals surface area contributed by atoms with Crippen molar-refractivity contribution < 1.29 is 4.79 Å². The Hall–Kier alpha value is -2.89. The maximum absolute atomic E-state index is 12.8. The molecule has 0 bridgehead atoms. The van der Waals surface area contributed by atoms with Crippen LogP contribution in [0.15, 0.2) is 24.7 Å². The van der Waals surface area contributed by atoms with Crippen molar-refractivity contribution in [3.05, 3.63) is 41.5 Å². The summed E-state index contributed by atoms with van der Waals surface area (Å²) in [5, 5.41) is 0.833. The van der Waals surface area contributed by atoms with Gasteiger partial charge in [0.15, 0.2) is 5.78 Å². The van der Waals surface area contributed by atoms with Crippen molar-refractivity contribution in [1.29, 1.82) is 0 Å². The van der Waals surface area contributed by atoms with Gasteiger partial charge in [-0.1, -0.05) is 13.8 Å². The molecular formula is C21H25N5O. The summed E-state index contributed by atoms with van der Waals surface area (Å²) in [4.78, 5) is 23.4. The van der Waals surface area contributed by atoms with Crippen molar-refractivity contribution in [3.8, 4) is 5.69 Å². The van der Waals surface area contributed by atoms with Crippen molar-refractivity contribution in [3.63, 3.8) is 0 Å². The van der Waals surface area contributed by atoms with E-state index in [2.05, 4.69) is 34.6 Å². The molecule has 1 aromatic carbocycles. The standard InChI is InChI=1S/C21H25N5O/c1-12-10-26(15-8-21(2,3)9-16(27)17(12)15)14-7-6-13-18(19(14)25(4)5)23-11-24-20(13)22/h6-7,10-11H,8-9H2,1-5H3,(H2,22,23,24). The number of benzene rings is 1. The fourth-order valence-electron chi connectivity index (χ4n) is 4.25. The van der Waals surface area contributed by atoms with Gasteiger partial charge in [-0.15, -0.1) is 0 Å². The van der Waals surface area contributed by atoms with Gasteiger partial charge in [0.05, 0.1) is 11.4 Å². The number of fused-ring (bicyclic) bond motifs is 2. The maximum atomic E-state index is 12.8. The van der Waals surface area contributed by atoms with E-state index in [9.17, 15) is 4.79 Å². The first-order valence-corrected chi connectivity index (χ1v) is 9.14. The lowest BCUT2D eigenvalue weighted by molar-refractivity contribution is 0.0910. The van der Waals surface area contributed by atoms with Crippen LogP contribution < -0.4 is 10.6 Å². The minimum atomic E-state index is -0.0473. The predicted octanol–water partition coefficient (Wildman–Crippen LogP) is 3.53. The van der Waals surface area contributed by atoms with Crippen LogP contribution in [-0.4, -0.2) is 34.4 Å². The van der Waals surface area contributed by atoms with Crippen LogP contribution in [0.1, 0.15) is 41.9 Å². The number of carbonyl (C=O) groups is 1. The number of nitrogens with zero attached hydrogens (tertiary/aromatic N) is 4. The van der Waals surface area contributed by atoms with Crippen LogP contribution in [0.2, 0.25) is 0 Å². The molecule has 0 unspecified atom stereocenters. The molecule has 6 heteroatoms. The summed E-state index contributed by atoms with van der Waals surface area (Å²) in [6.45, 7) is 6.32. The summed E-state index contributed by atoms with van der Waals surface area (Å²) in [6, 6.07) is 4.01. The monoisotopic (exact) mass is 363 g/mol. The Labute approximate surface area is 159 Å². The van der Waals surface area contributed by atoms with Gasteiger partial charge in [-0.25, -0.2) is 9.97 Å². The Morgan fingerprint density at radius 2 is 1.93 bits per heavy atom. The zero-order valence-electron chi connectivity index (χ0n) is 16.5. The van der Waals surface area contributed by atoms with E-state index in [-0.39, 0.29) is 11.2 Å². The van der Waals surface area contributed by atoms with E-state index < -0.39 is 0 Å². The summed E-state index contributed by atoms with van der Waals surface area (Å²) in [5.41, 5.74) is 11.8. The Morgan fingerprint density at radius 1 is 1.19 bits per heavy atom. The number of aryl methyl sites for hydroxylation is 1. The molecule has 6 nitrogen and oxygen atoms in total. The molecule has 0 saturated heterocycles. The van der Waals surface area contributed by atoms with Gasteiger partial charge in [-0.3, -0.25) is 4.79 Å². The second-order valence-electron chi connectivity index (χ2n) is 8.43. The molecule has 0 aliphatic heterocycles. The summed E-state index contributed by atoms with van der Waals surface area (Å²) in [5.74, 6) is 0.702. The highest BCUT2D eigenvalue weighted by Gasteiger charge is 2.35. The third-order valence-electron chi connectivity index (χ3n) is 5.36. The molecule has 27 heavy (non-hydrogen) atoms. The smallest absolute Gasteiger partial charge is 0.165 e. The second-order valence-corrected chi connectivity index (χ2v) is 8.43. The van der Waals surface area contributed by atoms with Crippen molar-refractivity contribution in [2.24, 2.45) is 5.41 Å². The predicted molar refractivity (Wildman–Crippen MR) is 109 cm³/mol. The molecule has 0 saturated carbocycles. The van der Waals surface area contributed by atoms with Crippen LogP contribution >= 0.6 is 0 Å². The topological polar surface area (TPSA) is 77.0 Å². The van der Waals surface area contributed by atoms with Crippen LogP contribution in [0.5, 0.6) is 0 Å². The van der Waals surface area contributed by atoms with Gasteiger partial charge in [-0.2, -0.15) is 0 Å². The van der Waals surface area contributed by atoms with E-state index in [1.807, 2.05) is 38.1 Å². The Kier molecular flexibility index (Phi) is 3.77. The zero-order chi connectivity index (χ0) is 19.5. The van der Waals surface area contributed by atoms with Gasteiger partial charge in [0.2, 0.25) is 0 Å². The molecule has 1 aliphatic rings. The SMILES string of the molecule is Cc1cn(-c2ccc3c(N)ncnc3c2N(C)C)c2c1C(=O)CC(C)(C)C2. The Balaban J connectivity index is 2.04. The van der Waals surface area contributed by atoms with Crippen LogP contribution in [0.3, 0.4) is 0 Å². The first kappa shape index (κ1) is 17.5. The quantitative estimate of drug-likeness (QED) is 0.754. The molecule has 2 heterocycles.